The van der Waals surface area contributed by atoms with Gasteiger partial charge >= 0.3 is 12.3 Å². The van der Waals surface area contributed by atoms with Crippen LogP contribution in [0.4, 0.5) is 23.8 Å². The molecule has 3 aromatic rings. The number of ether oxygens (including phenoxy) is 2. The van der Waals surface area contributed by atoms with Gasteiger partial charge in [-0.2, -0.15) is 13.2 Å². The summed E-state index contributed by atoms with van der Waals surface area (Å²) in [5.41, 5.74) is -0.228. The van der Waals surface area contributed by atoms with Crippen LogP contribution in [0.3, 0.4) is 0 Å². The molecule has 1 aliphatic heterocycles. The zero-order valence-electron chi connectivity index (χ0n) is 18.2. The number of aromatic nitrogens is 3. The number of hydrogen-bond acceptors (Lipinski definition) is 7. The molecule has 12 heteroatoms. The van der Waals surface area contributed by atoms with Gasteiger partial charge in [0.25, 0.3) is 0 Å². The van der Waals surface area contributed by atoms with Crippen molar-refractivity contribution >= 4 is 22.7 Å². The van der Waals surface area contributed by atoms with Gasteiger partial charge in [0.2, 0.25) is 0 Å². The number of nitrogens with zero attached hydrogens (tertiary/aromatic N) is 4. The zero-order chi connectivity index (χ0) is 24.3. The van der Waals surface area contributed by atoms with Crippen molar-refractivity contribution in [1.82, 2.24) is 20.1 Å². The Morgan fingerprint density at radius 1 is 1.26 bits per heavy atom. The van der Waals surface area contributed by atoms with Crippen molar-refractivity contribution in [2.24, 2.45) is 0 Å². The van der Waals surface area contributed by atoms with Crippen LogP contribution in [0.15, 0.2) is 36.7 Å². The third-order valence-electron chi connectivity index (χ3n) is 5.51. The fraction of sp³-hybridized carbons (Fsp3) is 0.364. The van der Waals surface area contributed by atoms with Crippen LogP contribution in [0.5, 0.6) is 5.75 Å². The lowest BCUT2D eigenvalue weighted by molar-refractivity contribution is -0.137. The Kier molecular flexibility index (Phi) is 6.68. The molecule has 2 aromatic heterocycles. The molecule has 1 atom stereocenters. The fourth-order valence-electron chi connectivity index (χ4n) is 3.90. The molecule has 1 aliphatic rings. The van der Waals surface area contributed by atoms with Crippen molar-refractivity contribution in [3.8, 4) is 17.0 Å². The van der Waals surface area contributed by atoms with E-state index in [1.807, 2.05) is 0 Å². The van der Waals surface area contributed by atoms with Crippen molar-refractivity contribution in [1.29, 1.82) is 0 Å². The summed E-state index contributed by atoms with van der Waals surface area (Å²) in [5.74, 6) is 0.365. The summed E-state index contributed by atoms with van der Waals surface area (Å²) in [6.07, 6.45) is -0.943. The third kappa shape index (κ3) is 4.96. The number of carboxylic acid groups (broad SMARTS) is 1. The summed E-state index contributed by atoms with van der Waals surface area (Å²) < 4.78 is 50.1. The highest BCUT2D eigenvalue weighted by Crippen LogP contribution is 2.39. The van der Waals surface area contributed by atoms with Crippen LogP contribution in [0.1, 0.15) is 18.4 Å². The Hall–Kier alpha value is -3.67. The molecule has 0 radical (unpaired) electrons. The molecule has 4 rings (SSSR count). The smallest absolute Gasteiger partial charge is 0.416 e. The number of alkyl halides is 3. The molecule has 1 saturated heterocycles. The van der Waals surface area contributed by atoms with Gasteiger partial charge in [-0.25, -0.2) is 4.79 Å². The maximum Gasteiger partial charge on any atom is 0.416 e. The van der Waals surface area contributed by atoms with Gasteiger partial charge in [-0.15, -0.1) is 10.2 Å². The Morgan fingerprint density at radius 3 is 2.82 bits per heavy atom. The zero-order valence-corrected chi connectivity index (χ0v) is 18.2. The number of benzene rings is 1. The fourth-order valence-corrected chi connectivity index (χ4v) is 3.90. The SMILES string of the molecule is COCOc1cc(C(F)(F)F)ccc1-c1nnc(N[C@@H]2CCCN(C(=O)O)C2)c2cnccc12. The number of nitrogens with one attached hydrogen (secondary N) is 1. The van der Waals surface area contributed by atoms with E-state index in [1.54, 1.807) is 18.5 Å². The van der Waals surface area contributed by atoms with Crippen LogP contribution in [-0.2, 0) is 10.9 Å². The highest BCUT2D eigenvalue weighted by molar-refractivity contribution is 6.00. The van der Waals surface area contributed by atoms with Crippen molar-refractivity contribution in [3.05, 3.63) is 42.2 Å². The number of likely N-dealkylation sites (tertiary alicyclic amines) is 1. The first-order valence-electron chi connectivity index (χ1n) is 10.5. The predicted octanol–water partition coefficient (Wildman–Crippen LogP) is 4.25. The first-order valence-corrected chi connectivity index (χ1v) is 10.5. The summed E-state index contributed by atoms with van der Waals surface area (Å²) >= 11 is 0. The van der Waals surface area contributed by atoms with Crippen LogP contribution < -0.4 is 10.1 Å². The molecule has 1 amide bonds. The third-order valence-corrected chi connectivity index (χ3v) is 5.51. The van der Waals surface area contributed by atoms with Crippen molar-refractivity contribution in [3.63, 3.8) is 0 Å². The lowest BCUT2D eigenvalue weighted by Crippen LogP contribution is -2.44. The predicted molar refractivity (Wildman–Crippen MR) is 117 cm³/mol. The summed E-state index contributed by atoms with van der Waals surface area (Å²) in [7, 11) is 1.37. The number of carbonyl (C=O) groups is 1. The second-order valence-corrected chi connectivity index (χ2v) is 7.79. The van der Waals surface area contributed by atoms with E-state index < -0.39 is 17.8 Å². The molecule has 2 N–H and O–H groups in total. The number of rotatable bonds is 6. The number of methoxy groups -OCH3 is 1. The van der Waals surface area contributed by atoms with E-state index in [0.717, 1.165) is 18.6 Å². The van der Waals surface area contributed by atoms with E-state index in [4.69, 9.17) is 9.47 Å². The molecule has 0 spiro atoms. The molecular formula is C22H22F3N5O4. The molecule has 9 nitrogen and oxygen atoms in total. The Bertz CT molecular complexity index is 1190. The molecule has 0 aliphatic carbocycles. The van der Waals surface area contributed by atoms with Gasteiger partial charge < -0.3 is 24.8 Å². The van der Waals surface area contributed by atoms with Gasteiger partial charge in [0.05, 0.1) is 5.56 Å². The molecule has 3 heterocycles. The monoisotopic (exact) mass is 477 g/mol. The molecule has 180 valence electrons. The molecule has 0 unspecified atom stereocenters. The van der Waals surface area contributed by atoms with Crippen molar-refractivity contribution in [2.75, 3.05) is 32.3 Å². The number of fused-ring (bicyclic) bond motifs is 1. The van der Waals surface area contributed by atoms with Crippen LogP contribution >= 0.6 is 0 Å². The maximum atomic E-state index is 13.3. The minimum atomic E-state index is -4.54. The Morgan fingerprint density at radius 2 is 2.09 bits per heavy atom. The number of pyridine rings is 1. The number of piperidine rings is 1. The average Bonchev–Trinajstić information content (AvgIpc) is 2.82. The minimum Gasteiger partial charge on any atom is -0.467 e. The highest BCUT2D eigenvalue weighted by Gasteiger charge is 2.32. The van der Waals surface area contributed by atoms with Crippen LogP contribution in [0.2, 0.25) is 0 Å². The topological polar surface area (TPSA) is 110 Å². The standard InChI is InChI=1S/C22H22F3N5O4/c1-33-12-34-18-9-13(22(23,24)25)4-5-16(18)19-15-6-7-26-10-17(15)20(29-28-19)27-14-3-2-8-30(11-14)21(31)32/h4-7,9-10,14H,2-3,8,11-12H2,1H3,(H,27,29)(H,31,32)/t14-/m1/s1. The largest absolute Gasteiger partial charge is 0.467 e. The van der Waals surface area contributed by atoms with Crippen molar-refractivity contribution < 1.29 is 32.5 Å². The molecule has 1 fully saturated rings. The maximum absolute atomic E-state index is 13.3. The number of amides is 1. The van der Waals surface area contributed by atoms with Gasteiger partial charge in [0, 0.05) is 55.0 Å². The second kappa shape index (κ2) is 9.67. The Labute approximate surface area is 192 Å². The lowest BCUT2D eigenvalue weighted by atomic mass is 10.0. The van der Waals surface area contributed by atoms with Crippen LogP contribution in [0.25, 0.3) is 22.0 Å². The van der Waals surface area contributed by atoms with Crippen molar-refractivity contribution in [2.45, 2.75) is 25.1 Å². The quantitative estimate of drug-likeness (QED) is 0.507. The lowest BCUT2D eigenvalue weighted by Gasteiger charge is -2.31. The van der Waals surface area contributed by atoms with E-state index in [9.17, 15) is 23.1 Å². The Balaban J connectivity index is 1.73. The van der Waals surface area contributed by atoms with Crippen LogP contribution in [-0.4, -0.2) is 64.3 Å². The van der Waals surface area contributed by atoms with E-state index in [0.29, 0.717) is 47.4 Å². The second-order valence-electron chi connectivity index (χ2n) is 7.79. The molecule has 34 heavy (non-hydrogen) atoms. The normalized spacial score (nSPS) is 16.5. The summed E-state index contributed by atoms with van der Waals surface area (Å²) in [4.78, 5) is 16.8. The first-order chi connectivity index (χ1) is 16.3. The van der Waals surface area contributed by atoms with Gasteiger partial charge in [0.15, 0.2) is 12.6 Å². The van der Waals surface area contributed by atoms with Gasteiger partial charge in [0.1, 0.15) is 11.4 Å². The molecule has 0 saturated carbocycles. The van der Waals surface area contributed by atoms with Gasteiger partial charge in [-0.3, -0.25) is 4.98 Å². The molecule has 0 bridgehead atoms. The van der Waals surface area contributed by atoms with E-state index in [-0.39, 0.29) is 18.6 Å². The molecule has 1 aromatic carbocycles. The van der Waals surface area contributed by atoms with Crippen LogP contribution in [0, 0.1) is 0 Å². The summed E-state index contributed by atoms with van der Waals surface area (Å²) in [6, 6.07) is 4.67. The van der Waals surface area contributed by atoms with Gasteiger partial charge in [-0.1, -0.05) is 0 Å². The summed E-state index contributed by atoms with van der Waals surface area (Å²) in [5, 5.41) is 22.3. The summed E-state index contributed by atoms with van der Waals surface area (Å²) in [6.45, 7) is 0.523. The number of halogens is 3. The highest BCUT2D eigenvalue weighted by atomic mass is 19.4. The number of hydrogen-bond donors (Lipinski definition) is 2. The van der Waals surface area contributed by atoms with E-state index in [1.165, 1.54) is 18.1 Å². The van der Waals surface area contributed by atoms with Gasteiger partial charge in [-0.05, 0) is 37.1 Å². The van der Waals surface area contributed by atoms with E-state index in [2.05, 4.69) is 20.5 Å². The molecular weight excluding hydrogens is 455 g/mol. The average molecular weight is 477 g/mol. The number of anilines is 1. The minimum absolute atomic E-state index is 0.0471. The first kappa shape index (κ1) is 23.5. The van der Waals surface area contributed by atoms with E-state index >= 15 is 0 Å².